The van der Waals surface area contributed by atoms with Crippen molar-refractivity contribution < 1.29 is 19.4 Å². The Morgan fingerprint density at radius 2 is 1.91 bits per heavy atom. The SMILES string of the molecule is COC(=O)c1cccc(NC(=O)C2CC2c2ccc(O)cc2)c1. The number of nitrogens with one attached hydrogen (secondary N) is 1. The molecule has 1 amide bonds. The largest absolute Gasteiger partial charge is 0.508 e. The van der Waals surface area contributed by atoms with Crippen molar-refractivity contribution in [3.05, 3.63) is 59.7 Å². The van der Waals surface area contributed by atoms with Crippen LogP contribution in [0.25, 0.3) is 0 Å². The standard InChI is InChI=1S/C18H17NO4/c1-23-18(22)12-3-2-4-13(9-12)19-17(21)16-10-15(16)11-5-7-14(20)8-6-11/h2-9,15-16,20H,10H2,1H3,(H,19,21). The van der Waals surface area contributed by atoms with Crippen molar-refractivity contribution in [2.24, 2.45) is 5.92 Å². The lowest BCUT2D eigenvalue weighted by atomic mass is 10.1. The molecular formula is C18H17NO4. The third-order valence-corrected chi connectivity index (χ3v) is 4.00. The van der Waals surface area contributed by atoms with Gasteiger partial charge in [0.1, 0.15) is 5.75 Å². The van der Waals surface area contributed by atoms with Crippen LogP contribution in [0.15, 0.2) is 48.5 Å². The minimum atomic E-state index is -0.436. The minimum Gasteiger partial charge on any atom is -0.508 e. The number of anilines is 1. The summed E-state index contributed by atoms with van der Waals surface area (Å²) in [4.78, 5) is 23.8. The zero-order valence-electron chi connectivity index (χ0n) is 12.7. The van der Waals surface area contributed by atoms with Crippen LogP contribution in [0, 0.1) is 5.92 Å². The number of hydrogen-bond acceptors (Lipinski definition) is 4. The molecule has 3 rings (SSSR count). The summed E-state index contributed by atoms with van der Waals surface area (Å²) in [6.45, 7) is 0. The summed E-state index contributed by atoms with van der Waals surface area (Å²) in [6.07, 6.45) is 0.785. The van der Waals surface area contributed by atoms with Gasteiger partial charge in [-0.3, -0.25) is 4.79 Å². The van der Waals surface area contributed by atoms with Gasteiger partial charge in [-0.05, 0) is 48.2 Å². The summed E-state index contributed by atoms with van der Waals surface area (Å²) in [5.41, 5.74) is 2.02. The van der Waals surface area contributed by atoms with E-state index < -0.39 is 5.97 Å². The highest BCUT2D eigenvalue weighted by Crippen LogP contribution is 2.48. The number of phenolic OH excluding ortho intramolecular Hbond substituents is 1. The van der Waals surface area contributed by atoms with Crippen LogP contribution in [-0.2, 0) is 9.53 Å². The Labute approximate surface area is 133 Å². The lowest BCUT2D eigenvalue weighted by Crippen LogP contribution is -2.15. The first kappa shape index (κ1) is 15.1. The first-order valence-electron chi connectivity index (χ1n) is 7.36. The van der Waals surface area contributed by atoms with Crippen molar-refractivity contribution in [1.29, 1.82) is 0 Å². The van der Waals surface area contributed by atoms with Gasteiger partial charge in [0.2, 0.25) is 5.91 Å². The maximum atomic E-state index is 12.3. The van der Waals surface area contributed by atoms with Gasteiger partial charge in [0.25, 0.3) is 0 Å². The van der Waals surface area contributed by atoms with E-state index in [-0.39, 0.29) is 23.5 Å². The van der Waals surface area contributed by atoms with Gasteiger partial charge in [-0.2, -0.15) is 0 Å². The van der Waals surface area contributed by atoms with Gasteiger partial charge in [-0.1, -0.05) is 18.2 Å². The van der Waals surface area contributed by atoms with Crippen molar-refractivity contribution in [1.82, 2.24) is 0 Å². The maximum absolute atomic E-state index is 12.3. The summed E-state index contributed by atoms with van der Waals surface area (Å²) in [6, 6.07) is 13.6. The van der Waals surface area contributed by atoms with Gasteiger partial charge < -0.3 is 15.2 Å². The number of ether oxygens (including phenoxy) is 1. The lowest BCUT2D eigenvalue weighted by molar-refractivity contribution is -0.117. The van der Waals surface area contributed by atoms with Gasteiger partial charge in [0.05, 0.1) is 12.7 Å². The van der Waals surface area contributed by atoms with Crippen molar-refractivity contribution >= 4 is 17.6 Å². The number of hydrogen-bond donors (Lipinski definition) is 2. The Morgan fingerprint density at radius 3 is 2.61 bits per heavy atom. The summed E-state index contributed by atoms with van der Waals surface area (Å²) >= 11 is 0. The fourth-order valence-corrected chi connectivity index (χ4v) is 2.65. The average molecular weight is 311 g/mol. The van der Waals surface area contributed by atoms with Crippen LogP contribution in [0.2, 0.25) is 0 Å². The van der Waals surface area contributed by atoms with E-state index in [1.807, 2.05) is 12.1 Å². The molecule has 2 N–H and O–H groups in total. The molecule has 1 fully saturated rings. The molecule has 1 saturated carbocycles. The molecule has 2 unspecified atom stereocenters. The predicted octanol–water partition coefficient (Wildman–Crippen LogP) is 2.92. The number of carbonyl (C=O) groups excluding carboxylic acids is 2. The van der Waals surface area contributed by atoms with Gasteiger partial charge in [-0.25, -0.2) is 4.79 Å². The summed E-state index contributed by atoms with van der Waals surface area (Å²) in [5.74, 6) is -0.185. The van der Waals surface area contributed by atoms with Crippen LogP contribution in [0.3, 0.4) is 0 Å². The first-order valence-corrected chi connectivity index (χ1v) is 7.36. The molecule has 23 heavy (non-hydrogen) atoms. The smallest absolute Gasteiger partial charge is 0.337 e. The predicted molar refractivity (Wildman–Crippen MR) is 85.4 cm³/mol. The quantitative estimate of drug-likeness (QED) is 0.851. The van der Waals surface area contributed by atoms with Crippen LogP contribution in [0.5, 0.6) is 5.75 Å². The van der Waals surface area contributed by atoms with E-state index in [1.54, 1.807) is 36.4 Å². The summed E-state index contributed by atoms with van der Waals surface area (Å²) < 4.78 is 4.67. The number of benzene rings is 2. The van der Waals surface area contributed by atoms with Crippen LogP contribution in [-0.4, -0.2) is 24.1 Å². The molecule has 2 aromatic rings. The van der Waals surface area contributed by atoms with E-state index in [4.69, 9.17) is 0 Å². The number of esters is 1. The van der Waals surface area contributed by atoms with Crippen molar-refractivity contribution in [2.45, 2.75) is 12.3 Å². The van der Waals surface area contributed by atoms with Crippen LogP contribution >= 0.6 is 0 Å². The maximum Gasteiger partial charge on any atom is 0.337 e. The molecule has 2 atom stereocenters. The number of rotatable bonds is 4. The molecule has 0 aromatic heterocycles. The molecule has 0 spiro atoms. The topological polar surface area (TPSA) is 75.6 Å². The zero-order chi connectivity index (χ0) is 16.4. The van der Waals surface area contributed by atoms with Gasteiger partial charge in [0, 0.05) is 11.6 Å². The van der Waals surface area contributed by atoms with E-state index >= 15 is 0 Å². The zero-order valence-corrected chi connectivity index (χ0v) is 12.7. The fraction of sp³-hybridized carbons (Fsp3) is 0.222. The van der Waals surface area contributed by atoms with E-state index in [1.165, 1.54) is 7.11 Å². The Hall–Kier alpha value is -2.82. The van der Waals surface area contributed by atoms with E-state index in [0.29, 0.717) is 11.3 Å². The fourth-order valence-electron chi connectivity index (χ4n) is 2.65. The number of methoxy groups -OCH3 is 1. The van der Waals surface area contributed by atoms with Gasteiger partial charge >= 0.3 is 5.97 Å². The molecule has 0 radical (unpaired) electrons. The second-order valence-electron chi connectivity index (χ2n) is 5.60. The summed E-state index contributed by atoms with van der Waals surface area (Å²) in [7, 11) is 1.32. The highest BCUT2D eigenvalue weighted by Gasteiger charge is 2.43. The highest BCUT2D eigenvalue weighted by atomic mass is 16.5. The molecule has 0 aliphatic heterocycles. The minimum absolute atomic E-state index is 0.0647. The summed E-state index contributed by atoms with van der Waals surface area (Å²) in [5, 5.41) is 12.1. The Balaban J connectivity index is 1.64. The molecule has 0 heterocycles. The van der Waals surface area contributed by atoms with E-state index in [2.05, 4.69) is 10.1 Å². The lowest BCUT2D eigenvalue weighted by Gasteiger charge is -2.07. The molecule has 0 saturated heterocycles. The van der Waals surface area contributed by atoms with E-state index in [0.717, 1.165) is 12.0 Å². The molecule has 2 aromatic carbocycles. The molecule has 5 nitrogen and oxygen atoms in total. The van der Waals surface area contributed by atoms with Crippen LogP contribution in [0.4, 0.5) is 5.69 Å². The van der Waals surface area contributed by atoms with Crippen LogP contribution in [0.1, 0.15) is 28.3 Å². The molecule has 5 heteroatoms. The average Bonchev–Trinajstić information content (AvgIpc) is 3.36. The molecule has 118 valence electrons. The highest BCUT2D eigenvalue weighted by molar-refractivity contribution is 5.97. The van der Waals surface area contributed by atoms with Gasteiger partial charge in [-0.15, -0.1) is 0 Å². The number of amides is 1. The third-order valence-electron chi connectivity index (χ3n) is 4.00. The number of aromatic hydroxyl groups is 1. The first-order chi connectivity index (χ1) is 11.1. The van der Waals surface area contributed by atoms with Crippen molar-refractivity contribution in [3.63, 3.8) is 0 Å². The molecule has 1 aliphatic rings. The Bertz CT molecular complexity index is 739. The van der Waals surface area contributed by atoms with Gasteiger partial charge in [0.15, 0.2) is 0 Å². The molecular weight excluding hydrogens is 294 g/mol. The molecule has 0 bridgehead atoms. The second kappa shape index (κ2) is 6.12. The third kappa shape index (κ3) is 3.34. The Kier molecular flexibility index (Phi) is 4.02. The Morgan fingerprint density at radius 1 is 1.17 bits per heavy atom. The number of phenols is 1. The number of carbonyl (C=O) groups is 2. The van der Waals surface area contributed by atoms with Crippen molar-refractivity contribution in [2.75, 3.05) is 12.4 Å². The van der Waals surface area contributed by atoms with E-state index in [9.17, 15) is 14.7 Å². The second-order valence-corrected chi connectivity index (χ2v) is 5.60. The van der Waals surface area contributed by atoms with Crippen LogP contribution < -0.4 is 5.32 Å². The van der Waals surface area contributed by atoms with Crippen molar-refractivity contribution in [3.8, 4) is 5.75 Å². The monoisotopic (exact) mass is 311 g/mol. The normalized spacial score (nSPS) is 19.0. The molecule has 1 aliphatic carbocycles.